The molecule has 2 N–H and O–H groups in total. The third kappa shape index (κ3) is 2.65. The van der Waals surface area contributed by atoms with Gasteiger partial charge in [0.25, 0.3) is 0 Å². The first-order chi connectivity index (χ1) is 8.62. The Morgan fingerprint density at radius 3 is 2.00 bits per heavy atom. The number of hydrogen-bond acceptors (Lipinski definition) is 2. The highest BCUT2D eigenvalue weighted by atomic mass is 15.2. The monoisotopic (exact) mass is 263 g/mol. The van der Waals surface area contributed by atoms with E-state index in [9.17, 15) is 0 Å². The number of aromatic nitrogens is 2. The normalized spacial score (nSPS) is 18.2. The lowest BCUT2D eigenvalue weighted by atomic mass is 9.92. The molecule has 3 nitrogen and oxygen atoms in total. The number of imidazole rings is 1. The Kier molecular flexibility index (Phi) is 3.44. The Morgan fingerprint density at radius 2 is 1.58 bits per heavy atom. The van der Waals surface area contributed by atoms with Crippen LogP contribution in [0.25, 0.3) is 0 Å². The van der Waals surface area contributed by atoms with E-state index in [-0.39, 0.29) is 11.0 Å². The van der Waals surface area contributed by atoms with Gasteiger partial charge in [-0.15, -0.1) is 0 Å². The van der Waals surface area contributed by atoms with Crippen molar-refractivity contribution in [3.8, 4) is 0 Å². The summed E-state index contributed by atoms with van der Waals surface area (Å²) in [4.78, 5) is 4.97. The van der Waals surface area contributed by atoms with Gasteiger partial charge in [-0.3, -0.25) is 0 Å². The molecule has 0 aliphatic heterocycles. The van der Waals surface area contributed by atoms with E-state index in [1.807, 2.05) is 0 Å². The number of nitrogens with zero attached hydrogens (tertiary/aromatic N) is 2. The first-order valence-electron chi connectivity index (χ1n) is 7.51. The van der Waals surface area contributed by atoms with Gasteiger partial charge in [-0.2, -0.15) is 0 Å². The Balaban J connectivity index is 2.58. The number of nitrogens with two attached hydrogens (primary N) is 1. The van der Waals surface area contributed by atoms with Gasteiger partial charge in [-0.1, -0.05) is 33.6 Å². The van der Waals surface area contributed by atoms with Crippen LogP contribution in [0.15, 0.2) is 0 Å². The lowest BCUT2D eigenvalue weighted by molar-refractivity contribution is 0.377. The fourth-order valence-electron chi connectivity index (χ4n) is 3.17. The fraction of sp³-hybridized carbons (Fsp3) is 0.812. The van der Waals surface area contributed by atoms with Gasteiger partial charge in [0.1, 0.15) is 11.6 Å². The first-order valence-corrected chi connectivity index (χ1v) is 7.51. The molecule has 1 aromatic heterocycles. The second kappa shape index (κ2) is 4.53. The first kappa shape index (κ1) is 14.4. The predicted octanol–water partition coefficient (Wildman–Crippen LogP) is 4.18. The van der Waals surface area contributed by atoms with Crippen molar-refractivity contribution in [1.82, 2.24) is 9.55 Å². The molecule has 0 radical (unpaired) electrons. The Bertz CT molecular complexity index is 452. The van der Waals surface area contributed by atoms with E-state index < -0.39 is 0 Å². The molecule has 0 bridgehead atoms. The van der Waals surface area contributed by atoms with Crippen molar-refractivity contribution >= 4 is 5.82 Å². The molecule has 108 valence electrons. The van der Waals surface area contributed by atoms with Crippen molar-refractivity contribution < 1.29 is 0 Å². The smallest absolute Gasteiger partial charge is 0.127 e. The van der Waals surface area contributed by atoms with Crippen molar-refractivity contribution in [2.75, 3.05) is 5.73 Å². The maximum Gasteiger partial charge on any atom is 0.127 e. The minimum Gasteiger partial charge on any atom is -0.384 e. The highest BCUT2D eigenvalue weighted by molar-refractivity contribution is 5.44. The van der Waals surface area contributed by atoms with Crippen LogP contribution in [0.4, 0.5) is 5.82 Å². The second-order valence-corrected chi connectivity index (χ2v) is 7.94. The quantitative estimate of drug-likeness (QED) is 0.826. The Hall–Kier alpha value is -0.990. The summed E-state index contributed by atoms with van der Waals surface area (Å²) in [5, 5.41) is 0. The second-order valence-electron chi connectivity index (χ2n) is 7.94. The van der Waals surface area contributed by atoms with Crippen molar-refractivity contribution in [1.29, 1.82) is 0 Å². The van der Waals surface area contributed by atoms with Crippen molar-refractivity contribution in [3.05, 3.63) is 11.5 Å². The van der Waals surface area contributed by atoms with Crippen LogP contribution >= 0.6 is 0 Å². The van der Waals surface area contributed by atoms with E-state index in [0.29, 0.717) is 5.92 Å². The molecule has 0 spiro atoms. The van der Waals surface area contributed by atoms with Gasteiger partial charge in [0.2, 0.25) is 0 Å². The predicted molar refractivity (Wildman–Crippen MR) is 81.5 cm³/mol. The van der Waals surface area contributed by atoms with E-state index >= 15 is 0 Å². The van der Waals surface area contributed by atoms with E-state index in [0.717, 1.165) is 11.5 Å². The van der Waals surface area contributed by atoms with E-state index in [1.54, 1.807) is 0 Å². The molecule has 0 aromatic carbocycles. The van der Waals surface area contributed by atoms with Gasteiger partial charge in [0.05, 0.1) is 5.69 Å². The molecule has 1 aromatic rings. The number of hydrogen-bond donors (Lipinski definition) is 1. The fourth-order valence-corrected chi connectivity index (χ4v) is 3.17. The highest BCUT2D eigenvalue weighted by Gasteiger charge is 2.33. The number of rotatable bonds is 1. The molecule has 0 unspecified atom stereocenters. The molecule has 19 heavy (non-hydrogen) atoms. The molecule has 1 heterocycles. The molecule has 0 saturated heterocycles. The van der Waals surface area contributed by atoms with Crippen molar-refractivity contribution in [2.45, 2.75) is 84.1 Å². The summed E-state index contributed by atoms with van der Waals surface area (Å²) in [6.07, 6.45) is 5.17. The van der Waals surface area contributed by atoms with Gasteiger partial charge in [-0.05, 0) is 33.6 Å². The summed E-state index contributed by atoms with van der Waals surface area (Å²) in [5.74, 6) is 2.67. The Morgan fingerprint density at radius 1 is 1.05 bits per heavy atom. The van der Waals surface area contributed by atoms with Crippen LogP contribution in [0.2, 0.25) is 0 Å². The molecule has 0 atom stereocenters. The van der Waals surface area contributed by atoms with Gasteiger partial charge < -0.3 is 10.3 Å². The lowest BCUT2D eigenvalue weighted by Gasteiger charge is -2.27. The number of anilines is 1. The molecule has 2 rings (SSSR count). The molecular weight excluding hydrogens is 234 g/mol. The van der Waals surface area contributed by atoms with E-state index in [2.05, 4.69) is 46.1 Å². The molecule has 1 aliphatic carbocycles. The summed E-state index contributed by atoms with van der Waals surface area (Å²) < 4.78 is 2.28. The molecule has 1 saturated carbocycles. The van der Waals surface area contributed by atoms with Crippen LogP contribution < -0.4 is 5.73 Å². The zero-order valence-electron chi connectivity index (χ0n) is 13.4. The van der Waals surface area contributed by atoms with Crippen LogP contribution in [0, 0.1) is 0 Å². The summed E-state index contributed by atoms with van der Waals surface area (Å²) in [6.45, 7) is 13.2. The SMILES string of the molecule is CC(C)(C)c1nc(C2CCCC2)n(C(C)(C)C)c1N. The van der Waals surface area contributed by atoms with Crippen molar-refractivity contribution in [2.24, 2.45) is 0 Å². The molecule has 3 heteroatoms. The average Bonchev–Trinajstić information content (AvgIpc) is 2.79. The topological polar surface area (TPSA) is 43.8 Å². The number of nitrogen functional groups attached to an aromatic ring is 1. The standard InChI is InChI=1S/C16H29N3/c1-15(2,3)12-13(17)19(16(4,5)6)14(18-12)11-9-7-8-10-11/h11H,7-10,17H2,1-6H3. The summed E-state index contributed by atoms with van der Waals surface area (Å²) >= 11 is 0. The average molecular weight is 263 g/mol. The highest BCUT2D eigenvalue weighted by Crippen LogP contribution is 2.40. The molecular formula is C16H29N3. The lowest BCUT2D eigenvalue weighted by Crippen LogP contribution is -2.27. The maximum atomic E-state index is 6.44. The van der Waals surface area contributed by atoms with Crippen LogP contribution in [0.5, 0.6) is 0 Å². The third-order valence-corrected chi connectivity index (χ3v) is 4.04. The zero-order chi connectivity index (χ0) is 14.4. The largest absolute Gasteiger partial charge is 0.384 e. The van der Waals surface area contributed by atoms with Crippen LogP contribution in [0.1, 0.15) is 84.7 Å². The van der Waals surface area contributed by atoms with Crippen LogP contribution in [-0.2, 0) is 11.0 Å². The van der Waals surface area contributed by atoms with Gasteiger partial charge in [0.15, 0.2) is 0 Å². The molecule has 1 fully saturated rings. The van der Waals surface area contributed by atoms with Crippen LogP contribution in [-0.4, -0.2) is 9.55 Å². The zero-order valence-corrected chi connectivity index (χ0v) is 13.4. The summed E-state index contributed by atoms with van der Waals surface area (Å²) in [7, 11) is 0. The minimum atomic E-state index is -0.00148. The molecule has 0 amide bonds. The molecule has 1 aliphatic rings. The summed E-state index contributed by atoms with van der Waals surface area (Å²) in [5.41, 5.74) is 7.51. The minimum absolute atomic E-state index is 0.00148. The third-order valence-electron chi connectivity index (χ3n) is 4.04. The maximum absolute atomic E-state index is 6.44. The Labute approximate surface area is 117 Å². The summed E-state index contributed by atoms with van der Waals surface area (Å²) in [6, 6.07) is 0. The van der Waals surface area contributed by atoms with Gasteiger partial charge >= 0.3 is 0 Å². The van der Waals surface area contributed by atoms with E-state index in [1.165, 1.54) is 31.5 Å². The van der Waals surface area contributed by atoms with E-state index in [4.69, 9.17) is 10.7 Å². The van der Waals surface area contributed by atoms with Gasteiger partial charge in [-0.25, -0.2) is 4.98 Å². The van der Waals surface area contributed by atoms with Gasteiger partial charge in [0, 0.05) is 16.9 Å². The van der Waals surface area contributed by atoms with Crippen LogP contribution in [0.3, 0.4) is 0 Å². The van der Waals surface area contributed by atoms with Crippen molar-refractivity contribution in [3.63, 3.8) is 0 Å².